The number of benzene rings is 1. The first-order valence-electron chi connectivity index (χ1n) is 5.71. The molecule has 0 atom stereocenters. The van der Waals surface area contributed by atoms with Crippen molar-refractivity contribution in [3.63, 3.8) is 0 Å². The van der Waals surface area contributed by atoms with Crippen molar-refractivity contribution in [3.05, 3.63) is 36.3 Å². The zero-order chi connectivity index (χ0) is 13.2. The number of nitrogens with two attached hydrogens (primary N) is 1. The second kappa shape index (κ2) is 5.28. The van der Waals surface area contributed by atoms with Gasteiger partial charge in [0.1, 0.15) is 5.82 Å². The molecule has 0 spiro atoms. The summed E-state index contributed by atoms with van der Waals surface area (Å²) in [4.78, 5) is 5.33. The first-order chi connectivity index (χ1) is 9.26. The van der Waals surface area contributed by atoms with Crippen molar-refractivity contribution >= 4 is 28.1 Å². The van der Waals surface area contributed by atoms with E-state index in [0.29, 0.717) is 6.54 Å². The Kier molecular flexibility index (Phi) is 3.50. The maximum absolute atomic E-state index is 12.9. The van der Waals surface area contributed by atoms with Gasteiger partial charge in [-0.15, -0.1) is 5.10 Å². The van der Waals surface area contributed by atoms with E-state index in [-0.39, 0.29) is 5.82 Å². The molecule has 2 N–H and O–H groups in total. The summed E-state index contributed by atoms with van der Waals surface area (Å²) < 4.78 is 15.6. The van der Waals surface area contributed by atoms with Gasteiger partial charge in [0, 0.05) is 17.9 Å². The van der Waals surface area contributed by atoms with Crippen LogP contribution in [0.4, 0.5) is 4.39 Å². The minimum Gasteiger partial charge on any atom is -0.330 e. The van der Waals surface area contributed by atoms with E-state index in [9.17, 15) is 4.39 Å². The molecule has 4 nitrogen and oxygen atoms in total. The van der Waals surface area contributed by atoms with E-state index < -0.39 is 0 Å². The van der Waals surface area contributed by atoms with Gasteiger partial charge >= 0.3 is 0 Å². The zero-order valence-electron chi connectivity index (χ0n) is 9.91. The van der Waals surface area contributed by atoms with E-state index in [1.54, 1.807) is 28.4 Å². The highest BCUT2D eigenvalue weighted by Gasteiger charge is 2.09. The Bertz CT molecular complexity index is 658. The molecule has 19 heavy (non-hydrogen) atoms. The number of aromatic nitrogens is 3. The van der Waals surface area contributed by atoms with Crippen molar-refractivity contribution in [3.8, 4) is 11.3 Å². The summed E-state index contributed by atoms with van der Waals surface area (Å²) in [5.74, 6) is 0.602. The van der Waals surface area contributed by atoms with Crippen molar-refractivity contribution in [2.45, 2.75) is 4.34 Å². The van der Waals surface area contributed by atoms with Gasteiger partial charge in [-0.2, -0.15) is 0 Å². The standard InChI is InChI=1S/C12H11FN4S2/c13-9-3-1-8(2-4-9)10-7-17-11(15-10)19-12(16-17)18-6-5-14/h1-4,7H,5-6,14H2. The molecule has 0 aliphatic carbocycles. The van der Waals surface area contributed by atoms with Gasteiger partial charge in [0.15, 0.2) is 4.34 Å². The van der Waals surface area contributed by atoms with Gasteiger partial charge in [0.2, 0.25) is 4.96 Å². The smallest absolute Gasteiger partial charge is 0.213 e. The Labute approximate surface area is 117 Å². The Morgan fingerprint density at radius 3 is 2.79 bits per heavy atom. The predicted octanol–water partition coefficient (Wildman–Crippen LogP) is 2.65. The van der Waals surface area contributed by atoms with Crippen molar-refractivity contribution in [2.75, 3.05) is 12.3 Å². The van der Waals surface area contributed by atoms with Crippen LogP contribution in [-0.2, 0) is 0 Å². The van der Waals surface area contributed by atoms with Crippen LogP contribution in [0.1, 0.15) is 0 Å². The molecule has 2 heterocycles. The summed E-state index contributed by atoms with van der Waals surface area (Å²) in [6, 6.07) is 6.29. The number of thioether (sulfide) groups is 1. The lowest BCUT2D eigenvalue weighted by atomic mass is 10.2. The average molecular weight is 294 g/mol. The lowest BCUT2D eigenvalue weighted by Crippen LogP contribution is -2.00. The number of hydrogen-bond donors (Lipinski definition) is 1. The van der Waals surface area contributed by atoms with Crippen molar-refractivity contribution < 1.29 is 4.39 Å². The molecule has 7 heteroatoms. The fourth-order valence-electron chi connectivity index (χ4n) is 1.65. The van der Waals surface area contributed by atoms with E-state index in [1.807, 2.05) is 6.20 Å². The van der Waals surface area contributed by atoms with Gasteiger partial charge in [-0.3, -0.25) is 0 Å². The Balaban J connectivity index is 1.90. The third kappa shape index (κ3) is 2.63. The average Bonchev–Trinajstić information content (AvgIpc) is 2.95. The first-order valence-corrected chi connectivity index (χ1v) is 7.51. The lowest BCUT2D eigenvalue weighted by Gasteiger charge is -1.95. The van der Waals surface area contributed by atoms with Crippen LogP contribution in [0.25, 0.3) is 16.2 Å². The Morgan fingerprint density at radius 2 is 2.11 bits per heavy atom. The maximum atomic E-state index is 12.9. The molecule has 0 amide bonds. The van der Waals surface area contributed by atoms with Gasteiger partial charge in [0.25, 0.3) is 0 Å². The van der Waals surface area contributed by atoms with Gasteiger partial charge in [-0.05, 0) is 24.3 Å². The minimum absolute atomic E-state index is 0.247. The van der Waals surface area contributed by atoms with Crippen molar-refractivity contribution in [1.29, 1.82) is 0 Å². The Morgan fingerprint density at radius 1 is 1.32 bits per heavy atom. The fraction of sp³-hybridized carbons (Fsp3) is 0.167. The van der Waals surface area contributed by atoms with Crippen molar-refractivity contribution in [1.82, 2.24) is 14.6 Å². The van der Waals surface area contributed by atoms with Crippen LogP contribution in [-0.4, -0.2) is 26.9 Å². The Hall–Kier alpha value is -1.44. The molecule has 0 fully saturated rings. The molecular weight excluding hydrogens is 283 g/mol. The molecular formula is C12H11FN4S2. The molecule has 98 valence electrons. The van der Waals surface area contributed by atoms with Gasteiger partial charge < -0.3 is 5.73 Å². The monoisotopic (exact) mass is 294 g/mol. The topological polar surface area (TPSA) is 56.2 Å². The molecule has 0 aliphatic heterocycles. The summed E-state index contributed by atoms with van der Waals surface area (Å²) in [5.41, 5.74) is 7.15. The molecule has 3 aromatic rings. The number of rotatable bonds is 4. The van der Waals surface area contributed by atoms with Gasteiger partial charge in [-0.25, -0.2) is 13.9 Å². The first kappa shape index (κ1) is 12.6. The summed E-state index contributed by atoms with van der Waals surface area (Å²) in [7, 11) is 0. The second-order valence-electron chi connectivity index (χ2n) is 3.87. The minimum atomic E-state index is -0.247. The largest absolute Gasteiger partial charge is 0.330 e. The molecule has 0 radical (unpaired) electrons. The highest BCUT2D eigenvalue weighted by molar-refractivity contribution is 8.01. The third-order valence-electron chi connectivity index (χ3n) is 2.51. The summed E-state index contributed by atoms with van der Waals surface area (Å²) in [6.07, 6.45) is 1.85. The summed E-state index contributed by atoms with van der Waals surface area (Å²) in [5, 5.41) is 4.42. The molecule has 0 saturated carbocycles. The van der Waals surface area contributed by atoms with Crippen LogP contribution in [0, 0.1) is 5.82 Å². The van der Waals surface area contributed by atoms with Crippen LogP contribution < -0.4 is 5.73 Å². The van der Waals surface area contributed by atoms with Crippen LogP contribution in [0.5, 0.6) is 0 Å². The predicted molar refractivity (Wildman–Crippen MR) is 76.0 cm³/mol. The molecule has 3 rings (SSSR count). The van der Waals surface area contributed by atoms with E-state index in [4.69, 9.17) is 5.73 Å². The van der Waals surface area contributed by atoms with Gasteiger partial charge in [0.05, 0.1) is 11.9 Å². The summed E-state index contributed by atoms with van der Waals surface area (Å²) in [6.45, 7) is 0.632. The van der Waals surface area contributed by atoms with E-state index in [2.05, 4.69) is 10.1 Å². The number of hydrogen-bond acceptors (Lipinski definition) is 5. The van der Waals surface area contributed by atoms with E-state index in [1.165, 1.54) is 23.5 Å². The molecule has 0 unspecified atom stereocenters. The molecule has 0 aliphatic rings. The second-order valence-corrected chi connectivity index (χ2v) is 6.16. The van der Waals surface area contributed by atoms with Crippen LogP contribution in [0.15, 0.2) is 34.8 Å². The van der Waals surface area contributed by atoms with Gasteiger partial charge in [-0.1, -0.05) is 23.1 Å². The maximum Gasteiger partial charge on any atom is 0.213 e. The molecule has 2 aromatic heterocycles. The van der Waals surface area contributed by atoms with E-state index >= 15 is 0 Å². The van der Waals surface area contributed by atoms with E-state index in [0.717, 1.165) is 26.3 Å². The van der Waals surface area contributed by atoms with Crippen molar-refractivity contribution in [2.24, 2.45) is 5.73 Å². The third-order valence-corrected chi connectivity index (χ3v) is 4.60. The quantitative estimate of drug-likeness (QED) is 0.752. The number of imidazole rings is 1. The SMILES string of the molecule is NCCSc1nn2cc(-c3ccc(F)cc3)nc2s1. The normalized spacial score (nSPS) is 11.3. The highest BCUT2D eigenvalue weighted by Crippen LogP contribution is 2.27. The van der Waals surface area contributed by atoms with Crippen LogP contribution >= 0.6 is 23.1 Å². The zero-order valence-corrected chi connectivity index (χ0v) is 11.5. The number of fused-ring (bicyclic) bond motifs is 1. The fourth-order valence-corrected chi connectivity index (χ4v) is 3.41. The molecule has 0 bridgehead atoms. The van der Waals surface area contributed by atoms with Crippen LogP contribution in [0.2, 0.25) is 0 Å². The van der Waals surface area contributed by atoms with Crippen LogP contribution in [0.3, 0.4) is 0 Å². The lowest BCUT2D eigenvalue weighted by molar-refractivity contribution is 0.628. The molecule has 1 aromatic carbocycles. The highest BCUT2D eigenvalue weighted by atomic mass is 32.2. The molecule has 0 saturated heterocycles. The number of halogens is 1. The number of nitrogens with zero attached hydrogens (tertiary/aromatic N) is 3. The summed E-state index contributed by atoms with van der Waals surface area (Å²) >= 11 is 3.16.